The summed E-state index contributed by atoms with van der Waals surface area (Å²) < 4.78 is 11.2. The third-order valence-electron chi connectivity index (χ3n) is 8.06. The zero-order valence-corrected chi connectivity index (χ0v) is 20.5. The second kappa shape index (κ2) is 11.7. The first-order valence-electron chi connectivity index (χ1n) is 13.2. The molecule has 34 heavy (non-hydrogen) atoms. The number of fused-ring (bicyclic) bond motifs is 1. The molecule has 2 saturated carbocycles. The van der Waals surface area contributed by atoms with Crippen LogP contribution in [-0.2, 0) is 9.59 Å². The Kier molecular flexibility index (Phi) is 8.42. The van der Waals surface area contributed by atoms with Gasteiger partial charge >= 0.3 is 11.9 Å². The maximum absolute atomic E-state index is 13.0. The molecule has 2 aliphatic rings. The van der Waals surface area contributed by atoms with Gasteiger partial charge in [0.25, 0.3) is 0 Å². The van der Waals surface area contributed by atoms with Crippen LogP contribution in [0.4, 0.5) is 0 Å². The number of carbonyl (C=O) groups is 2. The summed E-state index contributed by atoms with van der Waals surface area (Å²) in [5.74, 6) is 2.85. The van der Waals surface area contributed by atoms with Gasteiger partial charge in [-0.15, -0.1) is 0 Å². The molecular formula is C30H38O4. The van der Waals surface area contributed by atoms with Crippen molar-refractivity contribution in [3.05, 3.63) is 49.1 Å². The minimum absolute atomic E-state index is 0.0332. The molecule has 0 unspecified atom stereocenters. The Hall–Kier alpha value is -2.62. The second-order valence-electron chi connectivity index (χ2n) is 10.2. The molecule has 0 saturated heterocycles. The Morgan fingerprint density at radius 2 is 1.41 bits per heavy atom. The average molecular weight is 463 g/mol. The topological polar surface area (TPSA) is 52.6 Å². The average Bonchev–Trinajstić information content (AvgIpc) is 2.88. The summed E-state index contributed by atoms with van der Waals surface area (Å²) in [5.41, 5.74) is 0. The fourth-order valence-electron chi connectivity index (χ4n) is 6.04. The van der Waals surface area contributed by atoms with Gasteiger partial charge in [0.05, 0.1) is 5.92 Å². The van der Waals surface area contributed by atoms with Crippen LogP contribution in [0.1, 0.15) is 77.6 Å². The number of esters is 2. The monoisotopic (exact) mass is 462 g/mol. The molecule has 0 atom stereocenters. The molecule has 182 valence electrons. The summed E-state index contributed by atoms with van der Waals surface area (Å²) >= 11 is 0. The van der Waals surface area contributed by atoms with E-state index in [4.69, 9.17) is 9.47 Å². The Bertz CT molecular complexity index is 994. The fraction of sp³-hybridized carbons (Fsp3) is 0.533. The van der Waals surface area contributed by atoms with Gasteiger partial charge in [-0.1, -0.05) is 69.9 Å². The van der Waals surface area contributed by atoms with Crippen molar-refractivity contribution in [2.45, 2.75) is 77.6 Å². The molecule has 0 bridgehead atoms. The molecule has 2 fully saturated rings. The van der Waals surface area contributed by atoms with Crippen molar-refractivity contribution in [1.29, 1.82) is 0 Å². The third kappa shape index (κ3) is 5.89. The van der Waals surface area contributed by atoms with Crippen LogP contribution in [-0.4, -0.2) is 11.9 Å². The number of rotatable bonds is 8. The van der Waals surface area contributed by atoms with E-state index in [1.807, 2.05) is 24.3 Å². The smallest absolute Gasteiger partial charge is 0.335 e. The van der Waals surface area contributed by atoms with Crippen molar-refractivity contribution in [2.24, 2.45) is 23.7 Å². The lowest BCUT2D eigenvalue weighted by molar-refractivity contribution is -0.140. The zero-order chi connectivity index (χ0) is 23.9. The molecule has 2 aromatic rings. The standard InChI is InChI=1S/C30H38O4/c1-3-5-8-21-13-15-22(16-14-21)23-17-19-24(20-18-23)30(32)34-28-12-7-9-25-26(28)10-6-11-27(25)33-29(31)4-2/h4,6-7,9-12,21-24H,2-3,5,8,13-20H2,1H3. The number of hydrogen-bond donors (Lipinski definition) is 0. The van der Waals surface area contributed by atoms with Crippen LogP contribution in [0.3, 0.4) is 0 Å². The van der Waals surface area contributed by atoms with Gasteiger partial charge in [0.15, 0.2) is 0 Å². The molecule has 0 amide bonds. The van der Waals surface area contributed by atoms with Crippen LogP contribution in [0.15, 0.2) is 49.1 Å². The number of unbranched alkanes of at least 4 members (excludes halogenated alkanes) is 1. The van der Waals surface area contributed by atoms with Gasteiger partial charge in [-0.3, -0.25) is 4.79 Å². The van der Waals surface area contributed by atoms with Crippen molar-refractivity contribution in [2.75, 3.05) is 0 Å². The van der Waals surface area contributed by atoms with Crippen LogP contribution in [0.2, 0.25) is 0 Å². The fourth-order valence-corrected chi connectivity index (χ4v) is 6.04. The summed E-state index contributed by atoms with van der Waals surface area (Å²) in [6.07, 6.45) is 14.9. The number of hydrogen-bond acceptors (Lipinski definition) is 4. The van der Waals surface area contributed by atoms with Gasteiger partial charge in [0, 0.05) is 16.8 Å². The van der Waals surface area contributed by atoms with E-state index in [0.29, 0.717) is 11.5 Å². The highest BCUT2D eigenvalue weighted by atomic mass is 16.5. The Morgan fingerprint density at radius 1 is 0.853 bits per heavy atom. The predicted molar refractivity (Wildman–Crippen MR) is 136 cm³/mol. The zero-order valence-electron chi connectivity index (χ0n) is 20.5. The summed E-state index contributed by atoms with van der Waals surface area (Å²) in [4.78, 5) is 24.7. The van der Waals surface area contributed by atoms with E-state index in [1.165, 1.54) is 44.9 Å². The first-order valence-corrected chi connectivity index (χ1v) is 13.2. The van der Waals surface area contributed by atoms with Crippen LogP contribution in [0.5, 0.6) is 11.5 Å². The normalized spacial score (nSPS) is 25.0. The molecular weight excluding hydrogens is 424 g/mol. The van der Waals surface area contributed by atoms with Gasteiger partial charge in [0.2, 0.25) is 0 Å². The van der Waals surface area contributed by atoms with Gasteiger partial charge in [-0.05, 0) is 68.4 Å². The molecule has 0 radical (unpaired) electrons. The van der Waals surface area contributed by atoms with Crippen LogP contribution >= 0.6 is 0 Å². The van der Waals surface area contributed by atoms with E-state index < -0.39 is 5.97 Å². The van der Waals surface area contributed by atoms with E-state index in [2.05, 4.69) is 13.5 Å². The van der Waals surface area contributed by atoms with Crippen LogP contribution < -0.4 is 9.47 Å². The molecule has 0 spiro atoms. The summed E-state index contributed by atoms with van der Waals surface area (Å²) in [5, 5.41) is 1.50. The van der Waals surface area contributed by atoms with Crippen molar-refractivity contribution in [1.82, 2.24) is 0 Å². The van der Waals surface area contributed by atoms with E-state index >= 15 is 0 Å². The quantitative estimate of drug-likeness (QED) is 0.230. The van der Waals surface area contributed by atoms with E-state index in [1.54, 1.807) is 12.1 Å². The van der Waals surface area contributed by atoms with Gasteiger partial charge in [-0.2, -0.15) is 0 Å². The largest absolute Gasteiger partial charge is 0.426 e. The highest BCUT2D eigenvalue weighted by Gasteiger charge is 2.33. The number of ether oxygens (including phenoxy) is 2. The minimum atomic E-state index is -0.513. The highest BCUT2D eigenvalue weighted by molar-refractivity contribution is 5.96. The summed E-state index contributed by atoms with van der Waals surface area (Å²) in [7, 11) is 0. The molecule has 0 N–H and O–H groups in total. The minimum Gasteiger partial charge on any atom is -0.426 e. The lowest BCUT2D eigenvalue weighted by Gasteiger charge is -2.37. The Balaban J connectivity index is 1.33. The van der Waals surface area contributed by atoms with Gasteiger partial charge in [0.1, 0.15) is 11.5 Å². The van der Waals surface area contributed by atoms with Crippen molar-refractivity contribution < 1.29 is 19.1 Å². The second-order valence-corrected chi connectivity index (χ2v) is 10.2. The highest BCUT2D eigenvalue weighted by Crippen LogP contribution is 2.43. The molecule has 2 aliphatic carbocycles. The maximum atomic E-state index is 13.0. The lowest BCUT2D eigenvalue weighted by atomic mass is 9.68. The van der Waals surface area contributed by atoms with Crippen molar-refractivity contribution in [3.8, 4) is 11.5 Å². The van der Waals surface area contributed by atoms with Crippen molar-refractivity contribution in [3.63, 3.8) is 0 Å². The third-order valence-corrected chi connectivity index (χ3v) is 8.06. The summed E-state index contributed by atoms with van der Waals surface area (Å²) in [6.45, 7) is 5.74. The number of carbonyl (C=O) groups excluding carboxylic acids is 2. The van der Waals surface area contributed by atoms with Gasteiger partial charge < -0.3 is 9.47 Å². The first kappa shape index (κ1) is 24.5. The van der Waals surface area contributed by atoms with Crippen molar-refractivity contribution >= 4 is 22.7 Å². The molecule has 0 aliphatic heterocycles. The Labute approximate surface area is 203 Å². The molecule has 0 heterocycles. The van der Waals surface area contributed by atoms with Crippen LogP contribution in [0, 0.1) is 23.7 Å². The lowest BCUT2D eigenvalue weighted by Crippen LogP contribution is -2.30. The SMILES string of the molecule is C=CC(=O)Oc1cccc2c(OC(=O)C3CCC(C4CCC(CCCC)CC4)CC3)cccc12. The van der Waals surface area contributed by atoms with E-state index in [9.17, 15) is 9.59 Å². The maximum Gasteiger partial charge on any atom is 0.335 e. The number of benzene rings is 2. The molecule has 4 rings (SSSR count). The Morgan fingerprint density at radius 3 is 1.97 bits per heavy atom. The molecule has 4 heteroatoms. The molecule has 0 aromatic heterocycles. The van der Waals surface area contributed by atoms with E-state index in [0.717, 1.165) is 60.3 Å². The van der Waals surface area contributed by atoms with Crippen LogP contribution in [0.25, 0.3) is 10.8 Å². The predicted octanol–water partition coefficient (Wildman–Crippen LogP) is 7.64. The van der Waals surface area contributed by atoms with E-state index in [-0.39, 0.29) is 11.9 Å². The molecule has 4 nitrogen and oxygen atoms in total. The summed E-state index contributed by atoms with van der Waals surface area (Å²) in [6, 6.07) is 10.9. The first-order chi connectivity index (χ1) is 16.6. The van der Waals surface area contributed by atoms with Gasteiger partial charge in [-0.25, -0.2) is 4.79 Å². The molecule has 2 aromatic carbocycles.